The van der Waals surface area contributed by atoms with E-state index in [2.05, 4.69) is 79.9 Å². The van der Waals surface area contributed by atoms with E-state index in [-0.39, 0.29) is 12.5 Å². The fourth-order valence-corrected chi connectivity index (χ4v) is 10.4. The standard InChI is InChI=1S/C69H125NO8/c1-3-5-7-9-11-13-15-17-19-21-23-25-27-29-31-32-33-35-37-39-41-43-45-47-49-51-53-55-57-59-65(73)70-62(61-77-69-68(76)67(75)66(74)64(60-71)78-69)63(72)58-56-54-52-50-48-46-44-42-40-38-36-34-30-28-26-24-22-20-18-16-14-12-10-8-6-4-2/h5,7,11,13,17,19,23,25,29,31,56,58,62-64,66-69,71-72,74-76H,3-4,6,8-10,12,14-16,18,20-22,24,26-28,30,32-55,57,59-61H2,1-2H3,(H,70,73)/b7-5-,13-11-,19-17-,25-23-,31-29-,58-56+. The number of carbonyl (C=O) groups excluding carboxylic acids is 1. The number of unbranched alkanes of at least 4 members (excludes halogenated alkanes) is 37. The Hall–Kier alpha value is -2.37. The largest absolute Gasteiger partial charge is 0.394 e. The minimum atomic E-state index is -1.57. The number of rotatable bonds is 57. The van der Waals surface area contributed by atoms with E-state index in [1.54, 1.807) is 6.08 Å². The van der Waals surface area contributed by atoms with Crippen molar-refractivity contribution in [3.05, 3.63) is 72.9 Å². The van der Waals surface area contributed by atoms with Crippen molar-refractivity contribution in [3.8, 4) is 0 Å². The summed E-state index contributed by atoms with van der Waals surface area (Å²) in [5.41, 5.74) is 0. The molecule has 454 valence electrons. The van der Waals surface area contributed by atoms with Crippen LogP contribution in [0, 0.1) is 0 Å². The molecule has 0 aliphatic carbocycles. The Morgan fingerprint density at radius 3 is 1.18 bits per heavy atom. The van der Waals surface area contributed by atoms with Crippen molar-refractivity contribution in [2.75, 3.05) is 13.2 Å². The number of hydrogen-bond donors (Lipinski definition) is 6. The lowest BCUT2D eigenvalue weighted by Gasteiger charge is -2.40. The van der Waals surface area contributed by atoms with E-state index in [0.29, 0.717) is 6.42 Å². The lowest BCUT2D eigenvalue weighted by atomic mass is 9.99. The molecule has 9 nitrogen and oxygen atoms in total. The molecule has 0 bridgehead atoms. The highest BCUT2D eigenvalue weighted by Crippen LogP contribution is 2.23. The number of nitrogens with one attached hydrogen (secondary N) is 1. The first-order valence-corrected chi connectivity index (χ1v) is 33.2. The van der Waals surface area contributed by atoms with E-state index in [9.17, 15) is 30.3 Å². The van der Waals surface area contributed by atoms with Gasteiger partial charge in [-0.15, -0.1) is 0 Å². The summed E-state index contributed by atoms with van der Waals surface area (Å²) in [6, 6.07) is -0.810. The number of carbonyl (C=O) groups is 1. The maximum absolute atomic E-state index is 13.1. The van der Waals surface area contributed by atoms with Crippen molar-refractivity contribution in [1.29, 1.82) is 0 Å². The van der Waals surface area contributed by atoms with Crippen LogP contribution in [0.15, 0.2) is 72.9 Å². The summed E-state index contributed by atoms with van der Waals surface area (Å²) in [7, 11) is 0. The zero-order valence-electron chi connectivity index (χ0n) is 50.7. The van der Waals surface area contributed by atoms with Gasteiger partial charge in [0.1, 0.15) is 24.4 Å². The van der Waals surface area contributed by atoms with E-state index in [4.69, 9.17) is 9.47 Å². The predicted octanol–water partition coefficient (Wildman–Crippen LogP) is 17.6. The minimum Gasteiger partial charge on any atom is -0.394 e. The molecule has 0 aromatic rings. The Labute approximate surface area is 480 Å². The topological polar surface area (TPSA) is 149 Å². The van der Waals surface area contributed by atoms with Gasteiger partial charge in [-0.3, -0.25) is 4.79 Å². The van der Waals surface area contributed by atoms with Crippen LogP contribution in [-0.4, -0.2) is 87.5 Å². The molecule has 78 heavy (non-hydrogen) atoms. The van der Waals surface area contributed by atoms with Crippen molar-refractivity contribution in [2.45, 2.75) is 346 Å². The van der Waals surface area contributed by atoms with Gasteiger partial charge in [0.25, 0.3) is 0 Å². The van der Waals surface area contributed by atoms with Crippen molar-refractivity contribution in [2.24, 2.45) is 0 Å². The van der Waals surface area contributed by atoms with Crippen LogP contribution in [0.4, 0.5) is 0 Å². The van der Waals surface area contributed by atoms with E-state index in [1.165, 1.54) is 212 Å². The maximum atomic E-state index is 13.1. The highest BCUT2D eigenvalue weighted by Gasteiger charge is 2.44. The molecule has 1 fully saturated rings. The fraction of sp³-hybridized carbons (Fsp3) is 0.812. The zero-order chi connectivity index (χ0) is 56.5. The molecule has 1 rings (SSSR count). The van der Waals surface area contributed by atoms with E-state index >= 15 is 0 Å². The van der Waals surface area contributed by atoms with Crippen LogP contribution in [0.2, 0.25) is 0 Å². The van der Waals surface area contributed by atoms with Gasteiger partial charge in [-0.2, -0.15) is 0 Å². The summed E-state index contributed by atoms with van der Waals surface area (Å²) in [6.45, 7) is 3.70. The molecule has 6 N–H and O–H groups in total. The van der Waals surface area contributed by atoms with Crippen molar-refractivity contribution in [3.63, 3.8) is 0 Å². The van der Waals surface area contributed by atoms with Gasteiger partial charge < -0.3 is 40.3 Å². The Morgan fingerprint density at radius 2 is 0.795 bits per heavy atom. The van der Waals surface area contributed by atoms with Gasteiger partial charge >= 0.3 is 0 Å². The molecule has 0 aromatic carbocycles. The summed E-state index contributed by atoms with van der Waals surface area (Å²) in [5, 5.41) is 54.7. The van der Waals surface area contributed by atoms with Crippen LogP contribution in [0.5, 0.6) is 0 Å². The molecular formula is C69H125NO8. The van der Waals surface area contributed by atoms with Gasteiger partial charge in [0.2, 0.25) is 5.91 Å². The Balaban J connectivity index is 2.17. The average Bonchev–Trinajstić information content (AvgIpc) is 3.45. The van der Waals surface area contributed by atoms with Gasteiger partial charge in [-0.25, -0.2) is 0 Å². The predicted molar refractivity (Wildman–Crippen MR) is 332 cm³/mol. The van der Waals surface area contributed by atoms with E-state index in [1.807, 2.05) is 6.08 Å². The average molecular weight is 1100 g/mol. The third kappa shape index (κ3) is 46.3. The van der Waals surface area contributed by atoms with E-state index < -0.39 is 49.5 Å². The molecule has 7 unspecified atom stereocenters. The third-order valence-corrected chi connectivity index (χ3v) is 15.5. The molecular weight excluding hydrogens is 971 g/mol. The first kappa shape index (κ1) is 73.6. The van der Waals surface area contributed by atoms with Crippen molar-refractivity contribution in [1.82, 2.24) is 5.32 Å². The van der Waals surface area contributed by atoms with Crippen LogP contribution < -0.4 is 5.32 Å². The first-order valence-electron chi connectivity index (χ1n) is 33.2. The Kier molecular flexibility index (Phi) is 54.6. The quantitative estimate of drug-likeness (QED) is 0.0261. The fourth-order valence-electron chi connectivity index (χ4n) is 10.4. The number of hydrogen-bond acceptors (Lipinski definition) is 8. The van der Waals surface area contributed by atoms with Crippen molar-refractivity contribution >= 4 is 5.91 Å². The summed E-state index contributed by atoms with van der Waals surface area (Å²) >= 11 is 0. The highest BCUT2D eigenvalue weighted by atomic mass is 16.7. The molecule has 0 radical (unpaired) electrons. The van der Waals surface area contributed by atoms with Crippen LogP contribution in [0.25, 0.3) is 0 Å². The zero-order valence-corrected chi connectivity index (χ0v) is 50.7. The smallest absolute Gasteiger partial charge is 0.220 e. The second-order valence-electron chi connectivity index (χ2n) is 22.9. The second-order valence-corrected chi connectivity index (χ2v) is 22.9. The normalized spacial score (nSPS) is 19.1. The molecule has 9 heteroatoms. The van der Waals surface area contributed by atoms with Gasteiger partial charge in [0.15, 0.2) is 6.29 Å². The summed E-state index contributed by atoms with van der Waals surface area (Å²) in [5.74, 6) is -0.177. The maximum Gasteiger partial charge on any atom is 0.220 e. The molecule has 1 heterocycles. The van der Waals surface area contributed by atoms with E-state index in [0.717, 1.165) is 70.6 Å². The summed E-state index contributed by atoms with van der Waals surface area (Å²) in [6.07, 6.45) is 74.1. The number of aliphatic hydroxyl groups excluding tert-OH is 5. The van der Waals surface area contributed by atoms with Crippen molar-refractivity contribution < 1.29 is 39.8 Å². The van der Waals surface area contributed by atoms with Crippen LogP contribution in [0.3, 0.4) is 0 Å². The number of allylic oxidation sites excluding steroid dienone is 11. The lowest BCUT2D eigenvalue weighted by Crippen LogP contribution is -2.60. The van der Waals surface area contributed by atoms with Gasteiger partial charge in [-0.05, 0) is 64.2 Å². The lowest BCUT2D eigenvalue weighted by molar-refractivity contribution is -0.302. The Bertz CT molecular complexity index is 1460. The molecule has 0 aromatic heterocycles. The minimum absolute atomic E-state index is 0.177. The number of amides is 1. The number of aliphatic hydroxyl groups is 5. The summed E-state index contributed by atoms with van der Waals surface area (Å²) < 4.78 is 11.3. The molecule has 1 saturated heterocycles. The summed E-state index contributed by atoms with van der Waals surface area (Å²) in [4.78, 5) is 13.1. The van der Waals surface area contributed by atoms with Gasteiger partial charge in [0, 0.05) is 6.42 Å². The Morgan fingerprint density at radius 1 is 0.449 bits per heavy atom. The molecule has 0 spiro atoms. The highest BCUT2D eigenvalue weighted by molar-refractivity contribution is 5.76. The number of ether oxygens (including phenoxy) is 2. The molecule has 1 aliphatic heterocycles. The molecule has 1 amide bonds. The SMILES string of the molecule is CC/C=C\C/C=C\C/C=C\C/C=C\C/C=C\CCCCCCCCCCCCCCCC(=O)NC(COC1OC(CO)C(O)C(O)C1O)C(O)/C=C/CCCCCCCCCCCCCCCCCCCCCCCCCC. The third-order valence-electron chi connectivity index (χ3n) is 15.5. The molecule has 0 saturated carbocycles. The van der Waals surface area contributed by atoms with Gasteiger partial charge in [-0.1, -0.05) is 305 Å². The van der Waals surface area contributed by atoms with Gasteiger partial charge in [0.05, 0.1) is 25.4 Å². The second kappa shape index (κ2) is 57.8. The first-order chi connectivity index (χ1) is 38.3. The van der Waals surface area contributed by atoms with Crippen LogP contribution in [0.1, 0.15) is 303 Å². The van der Waals surface area contributed by atoms with Crippen LogP contribution in [-0.2, 0) is 14.3 Å². The molecule has 7 atom stereocenters. The monoisotopic (exact) mass is 1100 g/mol. The molecule has 1 aliphatic rings. The van der Waals surface area contributed by atoms with Crippen LogP contribution >= 0.6 is 0 Å².